The SMILES string of the molecule is COCc1ccc(CN=C(N)Nc2ccc(OC)cc2)cc1. The number of methoxy groups -OCH3 is 2. The minimum Gasteiger partial charge on any atom is -0.497 e. The number of benzene rings is 2. The summed E-state index contributed by atoms with van der Waals surface area (Å²) in [5.74, 6) is 1.18. The van der Waals surface area contributed by atoms with Crippen LogP contribution in [0.2, 0.25) is 0 Å². The summed E-state index contributed by atoms with van der Waals surface area (Å²) in [5, 5.41) is 3.05. The molecule has 5 nitrogen and oxygen atoms in total. The van der Waals surface area contributed by atoms with Crippen LogP contribution in [0.25, 0.3) is 0 Å². The number of aliphatic imine (C=N–C) groups is 1. The first-order valence-electron chi connectivity index (χ1n) is 6.99. The third kappa shape index (κ3) is 4.79. The van der Waals surface area contributed by atoms with Gasteiger partial charge in [0.15, 0.2) is 5.96 Å². The number of nitrogens with zero attached hydrogens (tertiary/aromatic N) is 1. The Bertz CT molecular complexity index is 607. The lowest BCUT2D eigenvalue weighted by molar-refractivity contribution is 0.185. The zero-order valence-electron chi connectivity index (χ0n) is 12.9. The van der Waals surface area contributed by atoms with Crippen LogP contribution in [0.1, 0.15) is 11.1 Å². The summed E-state index contributed by atoms with van der Waals surface area (Å²) in [6.45, 7) is 1.15. The summed E-state index contributed by atoms with van der Waals surface area (Å²) in [6, 6.07) is 15.6. The van der Waals surface area contributed by atoms with E-state index in [1.165, 1.54) is 0 Å². The van der Waals surface area contributed by atoms with Crippen LogP contribution in [0, 0.1) is 0 Å². The number of nitrogens with one attached hydrogen (secondary N) is 1. The molecule has 116 valence electrons. The van der Waals surface area contributed by atoms with E-state index in [2.05, 4.69) is 10.3 Å². The summed E-state index contributed by atoms with van der Waals surface area (Å²) < 4.78 is 10.2. The molecule has 0 spiro atoms. The van der Waals surface area contributed by atoms with E-state index >= 15 is 0 Å². The highest BCUT2D eigenvalue weighted by Gasteiger charge is 1.98. The standard InChI is InChI=1S/C17H21N3O2/c1-21-12-14-5-3-13(4-6-14)11-19-17(18)20-15-7-9-16(22-2)10-8-15/h3-10H,11-12H2,1-2H3,(H3,18,19,20). The van der Waals surface area contributed by atoms with Gasteiger partial charge in [-0.25, -0.2) is 4.99 Å². The van der Waals surface area contributed by atoms with E-state index < -0.39 is 0 Å². The van der Waals surface area contributed by atoms with Gasteiger partial charge in [-0.2, -0.15) is 0 Å². The van der Waals surface area contributed by atoms with Crippen LogP contribution in [-0.2, 0) is 17.9 Å². The molecule has 5 heteroatoms. The zero-order valence-corrected chi connectivity index (χ0v) is 12.9. The first-order chi connectivity index (χ1) is 10.7. The fourth-order valence-corrected chi connectivity index (χ4v) is 1.95. The van der Waals surface area contributed by atoms with E-state index in [0.717, 1.165) is 22.6 Å². The molecule has 2 rings (SSSR count). The fraction of sp³-hybridized carbons (Fsp3) is 0.235. The maximum absolute atomic E-state index is 5.89. The zero-order chi connectivity index (χ0) is 15.8. The van der Waals surface area contributed by atoms with E-state index in [9.17, 15) is 0 Å². The molecule has 2 aromatic carbocycles. The van der Waals surface area contributed by atoms with Crippen molar-refractivity contribution in [3.63, 3.8) is 0 Å². The van der Waals surface area contributed by atoms with Crippen molar-refractivity contribution in [3.8, 4) is 5.75 Å². The van der Waals surface area contributed by atoms with Gasteiger partial charge < -0.3 is 20.5 Å². The van der Waals surface area contributed by atoms with Crippen molar-refractivity contribution in [2.45, 2.75) is 13.2 Å². The van der Waals surface area contributed by atoms with Crippen LogP contribution in [-0.4, -0.2) is 20.2 Å². The van der Waals surface area contributed by atoms with E-state index in [0.29, 0.717) is 19.1 Å². The van der Waals surface area contributed by atoms with Crippen molar-refractivity contribution >= 4 is 11.6 Å². The Hall–Kier alpha value is -2.53. The highest BCUT2D eigenvalue weighted by Crippen LogP contribution is 2.14. The lowest BCUT2D eigenvalue weighted by Gasteiger charge is -2.07. The molecule has 0 saturated heterocycles. The number of guanidine groups is 1. The van der Waals surface area contributed by atoms with Crippen LogP contribution in [0.15, 0.2) is 53.5 Å². The number of hydrogen-bond donors (Lipinski definition) is 2. The van der Waals surface area contributed by atoms with Crippen LogP contribution in [0.3, 0.4) is 0 Å². The van der Waals surface area contributed by atoms with Gasteiger partial charge in [-0.05, 0) is 35.4 Å². The Morgan fingerprint density at radius 1 is 1.00 bits per heavy atom. The van der Waals surface area contributed by atoms with Gasteiger partial charge in [-0.15, -0.1) is 0 Å². The van der Waals surface area contributed by atoms with Gasteiger partial charge in [-0.1, -0.05) is 24.3 Å². The van der Waals surface area contributed by atoms with Crippen molar-refractivity contribution in [3.05, 3.63) is 59.7 Å². The molecular formula is C17H21N3O2. The minimum atomic E-state index is 0.381. The molecule has 0 radical (unpaired) electrons. The van der Waals surface area contributed by atoms with Crippen LogP contribution >= 0.6 is 0 Å². The maximum Gasteiger partial charge on any atom is 0.193 e. The third-order valence-corrected chi connectivity index (χ3v) is 3.13. The minimum absolute atomic E-state index is 0.381. The Morgan fingerprint density at radius 2 is 1.64 bits per heavy atom. The molecule has 0 aliphatic heterocycles. The van der Waals surface area contributed by atoms with Crippen molar-refractivity contribution in [2.75, 3.05) is 19.5 Å². The van der Waals surface area contributed by atoms with Crippen molar-refractivity contribution in [2.24, 2.45) is 10.7 Å². The second-order valence-corrected chi connectivity index (χ2v) is 4.80. The first kappa shape index (κ1) is 15.9. The van der Waals surface area contributed by atoms with Crippen molar-refractivity contribution < 1.29 is 9.47 Å². The van der Waals surface area contributed by atoms with Gasteiger partial charge in [0.25, 0.3) is 0 Å². The van der Waals surface area contributed by atoms with Gasteiger partial charge in [-0.3, -0.25) is 0 Å². The molecule has 0 heterocycles. The van der Waals surface area contributed by atoms with Gasteiger partial charge >= 0.3 is 0 Å². The Balaban J connectivity index is 1.91. The Kier molecular flexibility index (Phi) is 5.80. The summed E-state index contributed by atoms with van der Waals surface area (Å²) >= 11 is 0. The fourth-order valence-electron chi connectivity index (χ4n) is 1.95. The molecule has 0 saturated carbocycles. The molecule has 22 heavy (non-hydrogen) atoms. The number of ether oxygens (including phenoxy) is 2. The van der Waals surface area contributed by atoms with Gasteiger partial charge in [0.05, 0.1) is 20.3 Å². The van der Waals surface area contributed by atoms with Crippen molar-refractivity contribution in [1.29, 1.82) is 0 Å². The average Bonchev–Trinajstić information content (AvgIpc) is 2.55. The van der Waals surface area contributed by atoms with Gasteiger partial charge in [0.2, 0.25) is 0 Å². The van der Waals surface area contributed by atoms with E-state index in [4.69, 9.17) is 15.2 Å². The first-order valence-corrected chi connectivity index (χ1v) is 6.99. The molecule has 0 unspecified atom stereocenters. The number of nitrogens with two attached hydrogens (primary N) is 1. The molecule has 2 aromatic rings. The molecule has 0 aliphatic rings. The predicted octanol–water partition coefficient (Wildman–Crippen LogP) is 2.77. The molecule has 0 fully saturated rings. The second-order valence-electron chi connectivity index (χ2n) is 4.80. The smallest absolute Gasteiger partial charge is 0.193 e. The van der Waals surface area contributed by atoms with Crippen molar-refractivity contribution in [1.82, 2.24) is 0 Å². The second kappa shape index (κ2) is 8.05. The average molecular weight is 299 g/mol. The van der Waals surface area contributed by atoms with Gasteiger partial charge in [0.1, 0.15) is 5.75 Å². The molecule has 0 aliphatic carbocycles. The highest BCUT2D eigenvalue weighted by atomic mass is 16.5. The molecule has 0 amide bonds. The largest absolute Gasteiger partial charge is 0.497 e. The quantitative estimate of drug-likeness (QED) is 0.635. The molecule has 0 atom stereocenters. The van der Waals surface area contributed by atoms with Gasteiger partial charge in [0, 0.05) is 12.8 Å². The van der Waals surface area contributed by atoms with Crippen LogP contribution in [0.4, 0.5) is 5.69 Å². The molecule has 0 aromatic heterocycles. The topological polar surface area (TPSA) is 68.9 Å². The van der Waals surface area contributed by atoms with E-state index in [1.54, 1.807) is 14.2 Å². The van der Waals surface area contributed by atoms with Crippen LogP contribution < -0.4 is 15.8 Å². The van der Waals surface area contributed by atoms with E-state index in [-0.39, 0.29) is 0 Å². The number of hydrogen-bond acceptors (Lipinski definition) is 3. The summed E-state index contributed by atoms with van der Waals surface area (Å²) in [5.41, 5.74) is 9.00. The summed E-state index contributed by atoms with van der Waals surface area (Å²) in [4.78, 5) is 4.33. The predicted molar refractivity (Wildman–Crippen MR) is 89.1 cm³/mol. The Morgan fingerprint density at radius 3 is 2.23 bits per heavy atom. The molecule has 0 bridgehead atoms. The monoisotopic (exact) mass is 299 g/mol. The van der Waals surface area contributed by atoms with E-state index in [1.807, 2.05) is 48.5 Å². The molecule has 3 N–H and O–H groups in total. The lowest BCUT2D eigenvalue weighted by Crippen LogP contribution is -2.22. The normalized spacial score (nSPS) is 11.3. The summed E-state index contributed by atoms with van der Waals surface area (Å²) in [6.07, 6.45) is 0. The molecular weight excluding hydrogens is 278 g/mol. The Labute approximate surface area is 130 Å². The summed E-state index contributed by atoms with van der Waals surface area (Å²) in [7, 11) is 3.32. The maximum atomic E-state index is 5.89. The highest BCUT2D eigenvalue weighted by molar-refractivity contribution is 5.92. The van der Waals surface area contributed by atoms with Crippen LogP contribution in [0.5, 0.6) is 5.75 Å². The third-order valence-electron chi connectivity index (χ3n) is 3.13. The number of anilines is 1. The number of rotatable bonds is 6. The lowest BCUT2D eigenvalue weighted by atomic mass is 10.1.